The Balaban J connectivity index is 2.18. The second kappa shape index (κ2) is 8.65. The zero-order valence-electron chi connectivity index (χ0n) is 15.7. The minimum absolute atomic E-state index is 0.185. The highest BCUT2D eigenvalue weighted by Crippen LogP contribution is 2.41. The molecule has 0 radical (unpaired) electrons. The van der Waals surface area contributed by atoms with Gasteiger partial charge in [0.05, 0.1) is 19.6 Å². The van der Waals surface area contributed by atoms with Gasteiger partial charge in [-0.05, 0) is 23.6 Å². The number of rotatable bonds is 7. The van der Waals surface area contributed by atoms with Crippen LogP contribution in [0.25, 0.3) is 0 Å². The van der Waals surface area contributed by atoms with Crippen molar-refractivity contribution in [3.8, 4) is 0 Å². The molecule has 0 unspecified atom stereocenters. The van der Waals surface area contributed by atoms with Gasteiger partial charge in [0, 0.05) is 0 Å². The highest BCUT2D eigenvalue weighted by Gasteiger charge is 2.39. The zero-order chi connectivity index (χ0) is 19.1. The van der Waals surface area contributed by atoms with Gasteiger partial charge in [0.2, 0.25) is 0 Å². The Morgan fingerprint density at radius 2 is 1.15 bits per heavy atom. The Labute approximate surface area is 160 Å². The minimum Gasteiger partial charge on any atom is -0.469 e. The molecule has 0 spiro atoms. The average Bonchev–Trinajstić information content (AvgIpc) is 2.74. The molecule has 3 nitrogen and oxygen atoms in total. The largest absolute Gasteiger partial charge is 0.469 e. The monoisotopic (exact) mass is 360 g/mol. The van der Waals surface area contributed by atoms with Gasteiger partial charge in [-0.2, -0.15) is 0 Å². The molecular formula is C24H24O3. The van der Waals surface area contributed by atoms with Gasteiger partial charge in [0.1, 0.15) is 5.60 Å². The summed E-state index contributed by atoms with van der Waals surface area (Å²) in [6.07, 6.45) is -0.150. The molecule has 1 atom stereocenters. The summed E-state index contributed by atoms with van der Waals surface area (Å²) in [6, 6.07) is 30.4. The molecule has 0 saturated carbocycles. The molecule has 0 amide bonds. The first-order chi connectivity index (χ1) is 13.2. The fraction of sp³-hybridized carbons (Fsp3) is 0.208. The van der Waals surface area contributed by atoms with E-state index < -0.39 is 5.60 Å². The summed E-state index contributed by atoms with van der Waals surface area (Å²) in [7, 11) is 1.40. The van der Waals surface area contributed by atoms with E-state index >= 15 is 0 Å². The maximum Gasteiger partial charge on any atom is 0.308 e. The second-order valence-electron chi connectivity index (χ2n) is 6.49. The molecule has 3 heteroatoms. The predicted octanol–water partition coefficient (Wildman–Crippen LogP) is 4.95. The van der Waals surface area contributed by atoms with E-state index in [4.69, 9.17) is 9.47 Å². The highest BCUT2D eigenvalue weighted by molar-refractivity contribution is 5.69. The summed E-state index contributed by atoms with van der Waals surface area (Å²) >= 11 is 0. The van der Waals surface area contributed by atoms with Gasteiger partial charge in [-0.15, -0.1) is 0 Å². The Kier molecular flexibility index (Phi) is 6.05. The molecular weight excluding hydrogens is 336 g/mol. The van der Waals surface area contributed by atoms with E-state index in [0.717, 1.165) is 16.7 Å². The quantitative estimate of drug-likeness (QED) is 0.442. The molecule has 0 aliphatic rings. The van der Waals surface area contributed by atoms with Gasteiger partial charge in [-0.25, -0.2) is 0 Å². The number of methoxy groups -OCH3 is 1. The van der Waals surface area contributed by atoms with E-state index in [0.29, 0.717) is 0 Å². The summed E-state index contributed by atoms with van der Waals surface area (Å²) in [6.45, 7) is 1.90. The van der Waals surface area contributed by atoms with Crippen LogP contribution in [0.3, 0.4) is 0 Å². The van der Waals surface area contributed by atoms with Crippen LogP contribution >= 0.6 is 0 Å². The van der Waals surface area contributed by atoms with Crippen LogP contribution in [0.2, 0.25) is 0 Å². The van der Waals surface area contributed by atoms with Crippen LogP contribution in [-0.4, -0.2) is 19.2 Å². The van der Waals surface area contributed by atoms with Crippen LogP contribution in [0.4, 0.5) is 0 Å². The molecule has 3 rings (SSSR count). The topological polar surface area (TPSA) is 35.5 Å². The first-order valence-corrected chi connectivity index (χ1v) is 9.08. The molecule has 0 aliphatic heterocycles. The molecule has 0 bridgehead atoms. The van der Waals surface area contributed by atoms with E-state index in [1.165, 1.54) is 7.11 Å². The van der Waals surface area contributed by atoms with E-state index in [1.54, 1.807) is 0 Å². The Bertz CT molecular complexity index is 748. The SMILES string of the molecule is COC(=O)C[C@@H](C)OC(c1ccccc1)(c1ccccc1)c1ccccc1. The first kappa shape index (κ1) is 18.9. The molecule has 0 aromatic heterocycles. The Hall–Kier alpha value is -2.91. The maximum absolute atomic E-state index is 11.8. The van der Waals surface area contributed by atoms with Crippen LogP contribution in [0.1, 0.15) is 30.0 Å². The van der Waals surface area contributed by atoms with Crippen molar-refractivity contribution in [1.29, 1.82) is 0 Å². The van der Waals surface area contributed by atoms with Crippen molar-refractivity contribution in [1.82, 2.24) is 0 Å². The van der Waals surface area contributed by atoms with Gasteiger partial charge in [0.25, 0.3) is 0 Å². The van der Waals surface area contributed by atoms with E-state index in [2.05, 4.69) is 36.4 Å². The van der Waals surface area contributed by atoms with Crippen molar-refractivity contribution in [2.24, 2.45) is 0 Å². The maximum atomic E-state index is 11.8. The van der Waals surface area contributed by atoms with Crippen LogP contribution in [-0.2, 0) is 19.9 Å². The predicted molar refractivity (Wildman–Crippen MR) is 106 cm³/mol. The number of esters is 1. The molecule has 3 aromatic rings. The molecule has 0 N–H and O–H groups in total. The van der Waals surface area contributed by atoms with Crippen LogP contribution in [0.15, 0.2) is 91.0 Å². The van der Waals surface area contributed by atoms with Gasteiger partial charge >= 0.3 is 5.97 Å². The van der Waals surface area contributed by atoms with Crippen molar-refractivity contribution in [3.63, 3.8) is 0 Å². The standard InChI is InChI=1S/C24H24O3/c1-19(18-23(25)26-2)27-24(20-12-6-3-7-13-20,21-14-8-4-9-15-21)22-16-10-5-11-17-22/h3-17,19H,18H2,1-2H3/t19-/m1/s1. The minimum atomic E-state index is -0.822. The molecule has 0 saturated heterocycles. The van der Waals surface area contributed by atoms with Gasteiger partial charge in [-0.3, -0.25) is 4.79 Å². The van der Waals surface area contributed by atoms with E-state index in [9.17, 15) is 4.79 Å². The second-order valence-corrected chi connectivity index (χ2v) is 6.49. The van der Waals surface area contributed by atoms with Crippen LogP contribution in [0.5, 0.6) is 0 Å². The smallest absolute Gasteiger partial charge is 0.308 e. The van der Waals surface area contributed by atoms with Crippen molar-refractivity contribution in [3.05, 3.63) is 108 Å². The van der Waals surface area contributed by atoms with Crippen LogP contribution < -0.4 is 0 Å². The fourth-order valence-corrected chi connectivity index (χ4v) is 3.38. The lowest BCUT2D eigenvalue weighted by molar-refractivity contribution is -0.145. The third-order valence-corrected chi connectivity index (χ3v) is 4.60. The number of hydrogen-bond acceptors (Lipinski definition) is 3. The van der Waals surface area contributed by atoms with E-state index in [1.807, 2.05) is 61.5 Å². The summed E-state index contributed by atoms with van der Waals surface area (Å²) < 4.78 is 11.5. The van der Waals surface area contributed by atoms with E-state index in [-0.39, 0.29) is 18.5 Å². The van der Waals surface area contributed by atoms with Crippen LogP contribution in [0, 0.1) is 0 Å². The lowest BCUT2D eigenvalue weighted by Gasteiger charge is -2.38. The van der Waals surface area contributed by atoms with Crippen molar-refractivity contribution in [2.75, 3.05) is 7.11 Å². The molecule has 0 aliphatic carbocycles. The van der Waals surface area contributed by atoms with Crippen molar-refractivity contribution in [2.45, 2.75) is 25.0 Å². The summed E-state index contributed by atoms with van der Waals surface area (Å²) in [5, 5.41) is 0. The third kappa shape index (κ3) is 4.09. The molecule has 3 aromatic carbocycles. The van der Waals surface area contributed by atoms with Crippen molar-refractivity contribution < 1.29 is 14.3 Å². The summed E-state index contributed by atoms with van der Waals surface area (Å²) in [5.74, 6) is -0.286. The van der Waals surface area contributed by atoms with Gasteiger partial charge in [-0.1, -0.05) is 91.0 Å². The lowest BCUT2D eigenvalue weighted by Crippen LogP contribution is -2.36. The number of ether oxygens (including phenoxy) is 2. The van der Waals surface area contributed by atoms with Crippen molar-refractivity contribution >= 4 is 5.97 Å². The first-order valence-electron chi connectivity index (χ1n) is 9.08. The normalized spacial score (nSPS) is 12.4. The zero-order valence-corrected chi connectivity index (χ0v) is 15.7. The number of carbonyl (C=O) groups excluding carboxylic acids is 1. The lowest BCUT2D eigenvalue weighted by atomic mass is 9.80. The number of hydrogen-bond donors (Lipinski definition) is 0. The Morgan fingerprint density at radius 3 is 1.48 bits per heavy atom. The Morgan fingerprint density at radius 1 is 0.778 bits per heavy atom. The third-order valence-electron chi connectivity index (χ3n) is 4.60. The molecule has 0 fully saturated rings. The van der Waals surface area contributed by atoms with Gasteiger partial charge < -0.3 is 9.47 Å². The highest BCUT2D eigenvalue weighted by atomic mass is 16.5. The molecule has 27 heavy (non-hydrogen) atoms. The molecule has 0 heterocycles. The average molecular weight is 360 g/mol. The number of benzene rings is 3. The fourth-order valence-electron chi connectivity index (χ4n) is 3.38. The van der Waals surface area contributed by atoms with Gasteiger partial charge in [0.15, 0.2) is 0 Å². The summed E-state index contributed by atoms with van der Waals surface area (Å²) in [4.78, 5) is 11.8. The summed E-state index contributed by atoms with van der Waals surface area (Å²) in [5.41, 5.74) is 2.22. The molecule has 138 valence electrons. The number of carbonyl (C=O) groups is 1.